The highest BCUT2D eigenvalue weighted by atomic mass is 79.9. The average Bonchev–Trinajstić information content (AvgIpc) is 2.90. The van der Waals surface area contributed by atoms with E-state index in [2.05, 4.69) is 31.4 Å². The van der Waals surface area contributed by atoms with Crippen LogP contribution in [0.4, 0.5) is 5.82 Å². The number of hydrazone groups is 1. The van der Waals surface area contributed by atoms with E-state index in [-0.39, 0.29) is 10.8 Å². The number of hydrogen-bond donors (Lipinski definition) is 2. The molecule has 0 amide bonds. The third-order valence-electron chi connectivity index (χ3n) is 2.82. The third-order valence-corrected chi connectivity index (χ3v) is 5.04. The third kappa shape index (κ3) is 3.20. The van der Waals surface area contributed by atoms with Crippen LogP contribution in [0.15, 0.2) is 39.2 Å². The van der Waals surface area contributed by atoms with Gasteiger partial charge in [-0.3, -0.25) is 5.43 Å². The van der Waals surface area contributed by atoms with Crippen LogP contribution in [0.1, 0.15) is 4.88 Å². The van der Waals surface area contributed by atoms with Crippen molar-refractivity contribution in [3.8, 4) is 5.75 Å². The largest absolute Gasteiger partial charge is 0.504 e. The van der Waals surface area contributed by atoms with Crippen molar-refractivity contribution in [2.45, 2.75) is 0 Å². The number of phenolic OH excluding ortho intramolecular Hbond substituents is 1. The van der Waals surface area contributed by atoms with Gasteiger partial charge in [0.05, 0.1) is 16.3 Å². The molecule has 2 aromatic heterocycles. The molecule has 0 unspecified atom stereocenters. The van der Waals surface area contributed by atoms with Gasteiger partial charge in [0.2, 0.25) is 0 Å². The summed E-state index contributed by atoms with van der Waals surface area (Å²) in [6, 6.07) is 6.92. The second-order valence-electron chi connectivity index (χ2n) is 4.32. The highest BCUT2D eigenvalue weighted by Gasteiger charge is 2.11. The quantitative estimate of drug-likeness (QED) is 0.436. The van der Waals surface area contributed by atoms with Crippen molar-refractivity contribution < 1.29 is 5.11 Å². The number of aromatic nitrogens is 1. The maximum Gasteiger partial charge on any atom is 0.160 e. The van der Waals surface area contributed by atoms with E-state index in [0.29, 0.717) is 21.7 Å². The molecule has 4 nitrogen and oxygen atoms in total. The van der Waals surface area contributed by atoms with Crippen molar-refractivity contribution in [2.75, 3.05) is 5.43 Å². The Bertz CT molecular complexity index is 882. The Labute approximate surface area is 148 Å². The zero-order valence-electron chi connectivity index (χ0n) is 10.8. The summed E-state index contributed by atoms with van der Waals surface area (Å²) in [4.78, 5) is 5.28. The predicted molar refractivity (Wildman–Crippen MR) is 96.7 cm³/mol. The number of phenols is 1. The number of nitrogens with zero attached hydrogens (tertiary/aromatic N) is 2. The lowest BCUT2D eigenvalue weighted by atomic mass is 10.2. The number of nitrogens with one attached hydrogen (secondary N) is 1. The molecule has 2 heterocycles. The van der Waals surface area contributed by atoms with Crippen LogP contribution in [-0.4, -0.2) is 16.3 Å². The Balaban J connectivity index is 1.89. The minimum atomic E-state index is -0.101. The van der Waals surface area contributed by atoms with Crippen LogP contribution in [0.2, 0.25) is 10.0 Å². The number of fused-ring (bicyclic) bond motifs is 1. The maximum atomic E-state index is 9.99. The van der Waals surface area contributed by atoms with E-state index < -0.39 is 0 Å². The number of rotatable bonds is 3. The second-order valence-corrected chi connectivity index (χ2v) is 6.99. The van der Waals surface area contributed by atoms with Gasteiger partial charge in [0.15, 0.2) is 5.75 Å². The number of halogens is 3. The van der Waals surface area contributed by atoms with Crippen molar-refractivity contribution in [3.05, 3.63) is 49.0 Å². The van der Waals surface area contributed by atoms with Crippen molar-refractivity contribution in [1.82, 2.24) is 4.98 Å². The molecule has 0 saturated heterocycles. The summed E-state index contributed by atoms with van der Waals surface area (Å²) in [5, 5.41) is 17.3. The zero-order valence-corrected chi connectivity index (χ0v) is 14.8. The van der Waals surface area contributed by atoms with E-state index in [1.165, 1.54) is 6.07 Å². The highest BCUT2D eigenvalue weighted by Crippen LogP contribution is 2.36. The molecule has 0 aliphatic rings. The second kappa shape index (κ2) is 6.42. The molecule has 0 aliphatic carbocycles. The summed E-state index contributed by atoms with van der Waals surface area (Å²) in [7, 11) is 0. The first-order chi connectivity index (χ1) is 10.5. The molecule has 8 heteroatoms. The van der Waals surface area contributed by atoms with Crippen LogP contribution in [0.25, 0.3) is 10.9 Å². The topological polar surface area (TPSA) is 57.5 Å². The maximum absolute atomic E-state index is 9.99. The smallest absolute Gasteiger partial charge is 0.160 e. The van der Waals surface area contributed by atoms with Gasteiger partial charge in [0.25, 0.3) is 0 Å². The molecular weight excluding hydrogens is 409 g/mol. The zero-order chi connectivity index (χ0) is 15.7. The van der Waals surface area contributed by atoms with E-state index in [0.717, 1.165) is 9.35 Å². The van der Waals surface area contributed by atoms with E-state index in [1.54, 1.807) is 29.7 Å². The summed E-state index contributed by atoms with van der Waals surface area (Å²) < 4.78 is 1.01. The Morgan fingerprint density at radius 1 is 1.27 bits per heavy atom. The molecule has 0 fully saturated rings. The van der Waals surface area contributed by atoms with Crippen molar-refractivity contribution in [3.63, 3.8) is 0 Å². The first-order valence-electron chi connectivity index (χ1n) is 6.05. The van der Waals surface area contributed by atoms with Crippen LogP contribution in [-0.2, 0) is 0 Å². The van der Waals surface area contributed by atoms with Gasteiger partial charge in [0.1, 0.15) is 11.3 Å². The van der Waals surface area contributed by atoms with Crippen molar-refractivity contribution in [2.24, 2.45) is 5.10 Å². The molecule has 1 aromatic carbocycles. The predicted octanol–water partition coefficient (Wildman–Crippen LogP) is 5.52. The van der Waals surface area contributed by atoms with E-state index in [9.17, 15) is 5.11 Å². The molecule has 0 atom stereocenters. The molecule has 0 spiro atoms. The van der Waals surface area contributed by atoms with Crippen LogP contribution in [0, 0.1) is 0 Å². The van der Waals surface area contributed by atoms with Crippen molar-refractivity contribution >= 4 is 73.4 Å². The fraction of sp³-hybridized carbons (Fsp3) is 0. The molecule has 3 rings (SSSR count). The molecular formula is C14H8BrCl2N3OS. The van der Waals surface area contributed by atoms with Gasteiger partial charge in [-0.05, 0) is 40.2 Å². The number of anilines is 1. The number of pyridine rings is 1. The van der Waals surface area contributed by atoms with E-state index >= 15 is 0 Å². The summed E-state index contributed by atoms with van der Waals surface area (Å²) in [5.41, 5.74) is 3.14. The average molecular weight is 417 g/mol. The van der Waals surface area contributed by atoms with E-state index in [1.807, 2.05) is 11.4 Å². The molecule has 2 N–H and O–H groups in total. The number of hydrogen-bond acceptors (Lipinski definition) is 5. The Morgan fingerprint density at radius 2 is 2.09 bits per heavy atom. The first kappa shape index (κ1) is 15.6. The molecule has 22 heavy (non-hydrogen) atoms. The van der Waals surface area contributed by atoms with Gasteiger partial charge in [-0.25, -0.2) is 4.98 Å². The van der Waals surface area contributed by atoms with Gasteiger partial charge in [0, 0.05) is 20.1 Å². The van der Waals surface area contributed by atoms with Gasteiger partial charge in [-0.15, -0.1) is 11.3 Å². The van der Waals surface area contributed by atoms with Gasteiger partial charge >= 0.3 is 0 Å². The molecule has 0 saturated carbocycles. The van der Waals surface area contributed by atoms with Crippen LogP contribution in [0.5, 0.6) is 5.75 Å². The van der Waals surface area contributed by atoms with Gasteiger partial charge < -0.3 is 5.11 Å². The molecule has 3 aromatic rings. The van der Waals surface area contributed by atoms with Gasteiger partial charge in [-0.2, -0.15) is 5.10 Å². The SMILES string of the molecule is Oc1c(Cl)cc(Cl)c2ccc(N/N=C\c3cc(Br)cs3)nc12. The molecule has 0 aliphatic heterocycles. The minimum absolute atomic E-state index is 0.101. The fourth-order valence-corrected chi connectivity index (χ4v) is 3.64. The number of thiophene rings is 1. The normalized spacial score (nSPS) is 11.4. The minimum Gasteiger partial charge on any atom is -0.504 e. The first-order valence-corrected chi connectivity index (χ1v) is 8.48. The highest BCUT2D eigenvalue weighted by molar-refractivity contribution is 9.10. The van der Waals surface area contributed by atoms with E-state index in [4.69, 9.17) is 23.2 Å². The van der Waals surface area contributed by atoms with Crippen LogP contribution < -0.4 is 5.43 Å². The fourth-order valence-electron chi connectivity index (χ4n) is 1.82. The number of benzene rings is 1. The monoisotopic (exact) mass is 415 g/mol. The summed E-state index contributed by atoms with van der Waals surface area (Å²) in [6.45, 7) is 0. The van der Waals surface area contributed by atoms with Crippen LogP contribution in [0.3, 0.4) is 0 Å². The summed E-state index contributed by atoms with van der Waals surface area (Å²) >= 11 is 16.9. The van der Waals surface area contributed by atoms with Gasteiger partial charge in [-0.1, -0.05) is 23.2 Å². The number of aromatic hydroxyl groups is 1. The Morgan fingerprint density at radius 3 is 2.82 bits per heavy atom. The lowest BCUT2D eigenvalue weighted by molar-refractivity contribution is 0.480. The van der Waals surface area contributed by atoms with Crippen molar-refractivity contribution in [1.29, 1.82) is 0 Å². The molecule has 0 bridgehead atoms. The molecule has 0 radical (unpaired) electrons. The lowest BCUT2D eigenvalue weighted by Crippen LogP contribution is -1.93. The Hall–Kier alpha value is -1.34. The Kier molecular flexibility index (Phi) is 4.54. The summed E-state index contributed by atoms with van der Waals surface area (Å²) in [6.07, 6.45) is 1.69. The van der Waals surface area contributed by atoms with Crippen LogP contribution >= 0.6 is 50.5 Å². The molecule has 112 valence electrons. The lowest BCUT2D eigenvalue weighted by Gasteiger charge is -2.06. The standard InChI is InChI=1S/C14H8BrCl2N3OS/c15-7-3-8(22-6-7)5-18-20-12-2-1-9-10(16)4-11(17)14(21)13(9)19-12/h1-6,21H,(H,19,20)/b18-5-. The summed E-state index contributed by atoms with van der Waals surface area (Å²) in [5.74, 6) is 0.379.